The van der Waals surface area contributed by atoms with E-state index >= 15 is 0 Å². The van der Waals surface area contributed by atoms with E-state index < -0.39 is 12.0 Å². The zero-order chi connectivity index (χ0) is 21.2. The Morgan fingerprint density at radius 2 is 1.97 bits per heavy atom. The lowest BCUT2D eigenvalue weighted by molar-refractivity contribution is -0.142. The monoisotopic (exact) mass is 424 g/mol. The number of hydrogen-bond donors (Lipinski definition) is 3. The Hall–Kier alpha value is -2.23. The molecule has 1 aliphatic rings. The van der Waals surface area contributed by atoms with Gasteiger partial charge in [0.05, 0.1) is 7.11 Å². The van der Waals surface area contributed by atoms with Crippen LogP contribution in [0.5, 0.6) is 0 Å². The maximum absolute atomic E-state index is 12.3. The van der Waals surface area contributed by atoms with Crippen LogP contribution in [-0.4, -0.2) is 73.3 Å². The molecule has 0 aromatic carbocycles. The fourth-order valence-electron chi connectivity index (χ4n) is 3.24. The Morgan fingerprint density at radius 3 is 2.59 bits per heavy atom. The second kappa shape index (κ2) is 11.7. The molecule has 29 heavy (non-hydrogen) atoms. The van der Waals surface area contributed by atoms with Crippen molar-refractivity contribution in [3.63, 3.8) is 0 Å². The summed E-state index contributed by atoms with van der Waals surface area (Å²) in [5.74, 6) is 1.84. The van der Waals surface area contributed by atoms with Gasteiger partial charge < -0.3 is 25.6 Å². The van der Waals surface area contributed by atoms with E-state index in [4.69, 9.17) is 4.74 Å². The summed E-state index contributed by atoms with van der Waals surface area (Å²) in [7, 11) is 5.22. The van der Waals surface area contributed by atoms with Crippen molar-refractivity contribution in [2.24, 2.45) is 0 Å². The van der Waals surface area contributed by atoms with Gasteiger partial charge in [0.2, 0.25) is 5.95 Å². The van der Waals surface area contributed by atoms with E-state index in [9.17, 15) is 9.59 Å². The highest BCUT2D eigenvalue weighted by atomic mass is 32.2. The van der Waals surface area contributed by atoms with Crippen LogP contribution in [0.2, 0.25) is 0 Å². The fraction of sp³-hybridized carbons (Fsp3) is 0.684. The number of amides is 2. The molecule has 1 atom stereocenters. The van der Waals surface area contributed by atoms with Gasteiger partial charge in [-0.05, 0) is 50.2 Å². The molecule has 1 fully saturated rings. The van der Waals surface area contributed by atoms with Crippen molar-refractivity contribution >= 4 is 35.5 Å². The number of methoxy groups -OCH3 is 1. The Labute approximate surface area is 176 Å². The molecule has 1 saturated carbocycles. The summed E-state index contributed by atoms with van der Waals surface area (Å²) in [4.78, 5) is 34.9. The van der Waals surface area contributed by atoms with Crippen molar-refractivity contribution in [3.05, 3.63) is 12.3 Å². The second-order valence-electron chi connectivity index (χ2n) is 7.30. The maximum atomic E-state index is 12.3. The molecule has 0 bridgehead atoms. The highest BCUT2D eigenvalue weighted by Gasteiger charge is 2.25. The normalized spacial score (nSPS) is 19.7. The summed E-state index contributed by atoms with van der Waals surface area (Å²) in [6.07, 6.45) is 7.78. The van der Waals surface area contributed by atoms with E-state index in [1.54, 1.807) is 18.0 Å². The van der Waals surface area contributed by atoms with Gasteiger partial charge in [-0.1, -0.05) is 0 Å². The van der Waals surface area contributed by atoms with Crippen molar-refractivity contribution in [1.82, 2.24) is 20.6 Å². The molecule has 0 spiro atoms. The lowest BCUT2D eigenvalue weighted by Crippen LogP contribution is -2.50. The van der Waals surface area contributed by atoms with E-state index in [1.165, 1.54) is 7.11 Å². The first-order chi connectivity index (χ1) is 13.9. The number of aromatic nitrogens is 2. The molecule has 162 valence electrons. The van der Waals surface area contributed by atoms with Crippen molar-refractivity contribution in [1.29, 1.82) is 0 Å². The average Bonchev–Trinajstić information content (AvgIpc) is 2.72. The number of nitrogens with one attached hydrogen (secondary N) is 3. The van der Waals surface area contributed by atoms with Gasteiger partial charge in [0.15, 0.2) is 0 Å². The standard InChI is InChI=1S/C19H32N6O3S/c1-25(2)16-9-11-20-18(24-16)21-13-5-7-14(8-6-13)22-19(27)23-15(10-12-29-4)17(26)28-3/h9,11,13-15H,5-8,10,12H2,1-4H3,(H,20,21,24)(H2,22,23,27)/t13-,14+,15-/m0/s1. The molecule has 2 rings (SSSR count). The zero-order valence-electron chi connectivity index (χ0n) is 17.6. The molecule has 1 aromatic rings. The number of carbonyl (C=O) groups excluding carboxylic acids is 2. The zero-order valence-corrected chi connectivity index (χ0v) is 18.4. The Bertz CT molecular complexity index is 667. The molecule has 1 heterocycles. The number of nitrogens with zero attached hydrogens (tertiary/aromatic N) is 3. The van der Waals surface area contributed by atoms with Crippen molar-refractivity contribution in [3.8, 4) is 0 Å². The lowest BCUT2D eigenvalue weighted by atomic mass is 9.91. The van der Waals surface area contributed by atoms with E-state index in [0.717, 1.165) is 37.3 Å². The number of thioether (sulfide) groups is 1. The molecule has 0 unspecified atom stereocenters. The number of carbonyl (C=O) groups is 2. The molecule has 9 nitrogen and oxygen atoms in total. The second-order valence-corrected chi connectivity index (χ2v) is 8.29. The first-order valence-electron chi connectivity index (χ1n) is 9.83. The van der Waals surface area contributed by atoms with Gasteiger partial charge in [0, 0.05) is 32.4 Å². The summed E-state index contributed by atoms with van der Waals surface area (Å²) in [5.41, 5.74) is 0. The van der Waals surface area contributed by atoms with Crippen LogP contribution in [0.4, 0.5) is 16.6 Å². The quantitative estimate of drug-likeness (QED) is 0.516. The average molecular weight is 425 g/mol. The third-order valence-electron chi connectivity index (χ3n) is 4.90. The van der Waals surface area contributed by atoms with Gasteiger partial charge >= 0.3 is 12.0 Å². The van der Waals surface area contributed by atoms with E-state index in [2.05, 4.69) is 25.9 Å². The number of hydrogen-bond acceptors (Lipinski definition) is 8. The van der Waals surface area contributed by atoms with E-state index in [1.807, 2.05) is 31.3 Å². The molecule has 2 amide bonds. The first-order valence-corrected chi connectivity index (χ1v) is 11.2. The first kappa shape index (κ1) is 23.1. The number of ether oxygens (including phenoxy) is 1. The molecular weight excluding hydrogens is 392 g/mol. The predicted octanol–water partition coefficient (Wildman–Crippen LogP) is 1.86. The summed E-state index contributed by atoms with van der Waals surface area (Å²) >= 11 is 1.62. The number of rotatable bonds is 9. The third-order valence-corrected chi connectivity index (χ3v) is 5.54. The van der Waals surface area contributed by atoms with Crippen LogP contribution < -0.4 is 20.9 Å². The van der Waals surface area contributed by atoms with Gasteiger partial charge in [-0.15, -0.1) is 0 Å². The van der Waals surface area contributed by atoms with Crippen LogP contribution >= 0.6 is 11.8 Å². The van der Waals surface area contributed by atoms with Crippen LogP contribution in [0.25, 0.3) is 0 Å². The predicted molar refractivity (Wildman–Crippen MR) is 116 cm³/mol. The Morgan fingerprint density at radius 1 is 1.28 bits per heavy atom. The van der Waals surface area contributed by atoms with Crippen LogP contribution in [0.3, 0.4) is 0 Å². The maximum Gasteiger partial charge on any atom is 0.328 e. The molecule has 0 aliphatic heterocycles. The summed E-state index contributed by atoms with van der Waals surface area (Å²) in [5, 5.41) is 9.11. The number of esters is 1. The molecule has 3 N–H and O–H groups in total. The molecule has 10 heteroatoms. The fourth-order valence-corrected chi connectivity index (χ4v) is 3.72. The summed E-state index contributed by atoms with van der Waals surface area (Å²) in [6.45, 7) is 0. The molecular formula is C19H32N6O3S. The van der Waals surface area contributed by atoms with Crippen LogP contribution in [-0.2, 0) is 9.53 Å². The highest BCUT2D eigenvalue weighted by Crippen LogP contribution is 2.21. The molecule has 1 aliphatic carbocycles. The lowest BCUT2D eigenvalue weighted by Gasteiger charge is -2.30. The highest BCUT2D eigenvalue weighted by molar-refractivity contribution is 7.98. The van der Waals surface area contributed by atoms with Gasteiger partial charge in [-0.3, -0.25) is 0 Å². The van der Waals surface area contributed by atoms with Gasteiger partial charge in [-0.25, -0.2) is 14.6 Å². The third kappa shape index (κ3) is 7.60. The SMILES string of the molecule is COC(=O)[C@H](CCSC)NC(=O)N[C@H]1CC[C@@H](Nc2nccc(N(C)C)n2)CC1. The van der Waals surface area contributed by atoms with E-state index in [-0.39, 0.29) is 18.1 Å². The Kier molecular flexibility index (Phi) is 9.30. The number of anilines is 2. The van der Waals surface area contributed by atoms with Crippen molar-refractivity contribution < 1.29 is 14.3 Å². The minimum absolute atomic E-state index is 0.0842. The van der Waals surface area contributed by atoms with Crippen LogP contribution in [0.1, 0.15) is 32.1 Å². The number of urea groups is 1. The molecule has 0 radical (unpaired) electrons. The molecule has 1 aromatic heterocycles. The largest absolute Gasteiger partial charge is 0.467 e. The van der Waals surface area contributed by atoms with Crippen molar-refractivity contribution in [2.75, 3.05) is 43.4 Å². The van der Waals surface area contributed by atoms with Crippen molar-refractivity contribution in [2.45, 2.75) is 50.2 Å². The minimum Gasteiger partial charge on any atom is -0.467 e. The van der Waals surface area contributed by atoms with Gasteiger partial charge in [0.1, 0.15) is 11.9 Å². The summed E-state index contributed by atoms with van der Waals surface area (Å²) in [6, 6.07) is 1.29. The topological polar surface area (TPSA) is 108 Å². The Balaban J connectivity index is 1.77. The van der Waals surface area contributed by atoms with E-state index in [0.29, 0.717) is 12.4 Å². The van der Waals surface area contributed by atoms with Crippen LogP contribution in [0, 0.1) is 0 Å². The molecule has 0 saturated heterocycles. The van der Waals surface area contributed by atoms with Crippen LogP contribution in [0.15, 0.2) is 12.3 Å². The minimum atomic E-state index is -0.619. The smallest absolute Gasteiger partial charge is 0.328 e. The summed E-state index contributed by atoms with van der Waals surface area (Å²) < 4.78 is 4.78. The van der Waals surface area contributed by atoms with Gasteiger partial charge in [-0.2, -0.15) is 16.7 Å². The van der Waals surface area contributed by atoms with Gasteiger partial charge in [0.25, 0.3) is 0 Å².